The molecule has 0 unspecified atom stereocenters. The molecule has 0 radical (unpaired) electrons. The van der Waals surface area contributed by atoms with Gasteiger partial charge in [0.05, 0.1) is 17.4 Å². The van der Waals surface area contributed by atoms with Gasteiger partial charge in [0.2, 0.25) is 10.5 Å². The molecule has 240 valence electrons. The Labute approximate surface area is 261 Å². The second-order valence-electron chi connectivity index (χ2n) is 10.6. The van der Waals surface area contributed by atoms with Crippen LogP contribution in [0.25, 0.3) is 22.4 Å². The van der Waals surface area contributed by atoms with E-state index in [-0.39, 0.29) is 49.9 Å². The van der Waals surface area contributed by atoms with E-state index in [1.807, 2.05) is 7.05 Å². The summed E-state index contributed by atoms with van der Waals surface area (Å²) in [6.07, 6.45) is -4.25. The molecule has 0 aliphatic carbocycles. The monoisotopic (exact) mass is 669 g/mol. The Bertz CT molecular complexity index is 2000. The molecule has 12 nitrogen and oxygen atoms in total. The molecule has 1 aromatic carbocycles. The maximum absolute atomic E-state index is 13.3. The molecule has 0 atom stereocenters. The summed E-state index contributed by atoms with van der Waals surface area (Å²) in [6.45, 7) is 2.90. The Morgan fingerprint density at radius 3 is 2.47 bits per heavy atom. The van der Waals surface area contributed by atoms with E-state index in [2.05, 4.69) is 14.6 Å². The Hall–Kier alpha value is -4.15. The van der Waals surface area contributed by atoms with E-state index < -0.39 is 41.2 Å². The highest BCUT2D eigenvalue weighted by atomic mass is 35.5. The fourth-order valence-corrected chi connectivity index (χ4v) is 6.08. The average molecular weight is 670 g/mol. The maximum Gasteiger partial charge on any atom is 0.573 e. The Kier molecular flexibility index (Phi) is 8.83. The predicted octanol–water partition coefficient (Wildman–Crippen LogP) is 3.19. The zero-order valence-corrected chi connectivity index (χ0v) is 26.0. The molecule has 0 bridgehead atoms. The summed E-state index contributed by atoms with van der Waals surface area (Å²) in [5.74, 6) is -2.10. The van der Waals surface area contributed by atoms with Crippen molar-refractivity contribution in [2.45, 2.75) is 32.5 Å². The van der Waals surface area contributed by atoms with E-state index >= 15 is 0 Å². The van der Waals surface area contributed by atoms with Gasteiger partial charge in [-0.3, -0.25) is 18.7 Å². The molecular formula is C28H27ClF3N5O7S. The van der Waals surface area contributed by atoms with E-state index in [9.17, 15) is 32.3 Å². The van der Waals surface area contributed by atoms with Crippen molar-refractivity contribution in [3.05, 3.63) is 65.6 Å². The minimum Gasteiger partial charge on any atom is -0.444 e. The zero-order valence-electron chi connectivity index (χ0n) is 24.4. The summed E-state index contributed by atoms with van der Waals surface area (Å²) in [4.78, 5) is 63.7. The second-order valence-corrected chi connectivity index (χ2v) is 11.8. The Morgan fingerprint density at radius 1 is 1.13 bits per heavy atom. The van der Waals surface area contributed by atoms with Crippen LogP contribution >= 0.6 is 22.9 Å². The number of furan rings is 1. The number of hydrogen-bond donors (Lipinski definition) is 0. The highest BCUT2D eigenvalue weighted by Crippen LogP contribution is 2.34. The number of aryl methyl sites for hydroxylation is 2. The van der Waals surface area contributed by atoms with Gasteiger partial charge in [0.1, 0.15) is 22.6 Å². The van der Waals surface area contributed by atoms with Crippen molar-refractivity contribution in [1.82, 2.24) is 18.8 Å². The van der Waals surface area contributed by atoms with Crippen LogP contribution in [0.4, 0.5) is 13.2 Å². The highest BCUT2D eigenvalue weighted by Gasteiger charge is 2.32. The van der Waals surface area contributed by atoms with Gasteiger partial charge in [-0.15, -0.1) is 29.2 Å². The van der Waals surface area contributed by atoms with Crippen LogP contribution in [0.3, 0.4) is 0 Å². The number of benzene rings is 1. The molecule has 1 saturated heterocycles. The topological polar surface area (TPSA) is 130 Å². The van der Waals surface area contributed by atoms with Crippen LogP contribution in [-0.4, -0.2) is 57.1 Å². The number of likely N-dealkylation sites (tertiary alicyclic amines) is 1. The van der Waals surface area contributed by atoms with Crippen LogP contribution in [0.15, 0.2) is 42.6 Å². The summed E-state index contributed by atoms with van der Waals surface area (Å²) in [7, 11) is 4.68. The maximum atomic E-state index is 13.3. The van der Waals surface area contributed by atoms with Gasteiger partial charge >= 0.3 is 18.0 Å². The van der Waals surface area contributed by atoms with Gasteiger partial charge < -0.3 is 18.9 Å². The first-order valence-corrected chi connectivity index (χ1v) is 14.8. The third kappa shape index (κ3) is 6.62. The molecule has 17 heteroatoms. The van der Waals surface area contributed by atoms with Crippen molar-refractivity contribution in [3.8, 4) is 17.0 Å². The lowest BCUT2D eigenvalue weighted by Crippen LogP contribution is -2.39. The van der Waals surface area contributed by atoms with E-state index in [4.69, 9.17) is 20.9 Å². The van der Waals surface area contributed by atoms with E-state index in [1.165, 1.54) is 31.6 Å². The smallest absolute Gasteiger partial charge is 0.444 e. The van der Waals surface area contributed by atoms with Gasteiger partial charge in [-0.05, 0) is 58.1 Å². The van der Waals surface area contributed by atoms with Crippen LogP contribution in [0, 0.1) is 12.8 Å². The summed E-state index contributed by atoms with van der Waals surface area (Å²) >= 11 is 7.02. The van der Waals surface area contributed by atoms with Crippen molar-refractivity contribution in [1.29, 1.82) is 0 Å². The second kappa shape index (κ2) is 12.3. The number of carbonyl (C=O) groups excluding carboxylic acids is 2. The predicted molar refractivity (Wildman–Crippen MR) is 157 cm³/mol. The molecule has 0 N–H and O–H groups in total. The standard InChI is InChI=1S/C28H27ClF3N5O7S/c1-14-17(22-23(39)35(3)27(41)36(4)24(22)42-14)12-21(38)33-26-37(44-25(40)15-7-9-34(2)10-8-15)19(13-45-26)16-5-6-20(18(29)11-16)43-28(30,31)32/h5-6,11,13,15H,7-10,12H2,1-4H3. The number of piperidine rings is 1. The molecule has 1 aliphatic rings. The number of hydrogen-bond acceptors (Lipinski definition) is 9. The third-order valence-corrected chi connectivity index (χ3v) is 8.60. The van der Waals surface area contributed by atoms with E-state index in [1.54, 1.807) is 6.92 Å². The van der Waals surface area contributed by atoms with Crippen LogP contribution in [0.2, 0.25) is 5.02 Å². The van der Waals surface area contributed by atoms with Crippen LogP contribution in [0.1, 0.15) is 24.2 Å². The molecule has 0 saturated carbocycles. The van der Waals surface area contributed by atoms with Crippen LogP contribution in [-0.2, 0) is 30.1 Å². The molecule has 45 heavy (non-hydrogen) atoms. The highest BCUT2D eigenvalue weighted by molar-refractivity contribution is 7.07. The first kappa shape index (κ1) is 32.2. The third-order valence-electron chi connectivity index (χ3n) is 7.49. The largest absolute Gasteiger partial charge is 0.573 e. The van der Waals surface area contributed by atoms with Crippen molar-refractivity contribution in [2.75, 3.05) is 20.1 Å². The lowest BCUT2D eigenvalue weighted by molar-refractivity contribution is -0.274. The molecular weight excluding hydrogens is 643 g/mol. The Balaban J connectivity index is 1.54. The van der Waals surface area contributed by atoms with Gasteiger partial charge in [0, 0.05) is 30.6 Å². The molecule has 1 aliphatic heterocycles. The molecule has 4 aromatic rings. The number of alkyl halides is 3. The first-order chi connectivity index (χ1) is 21.1. The number of aromatic nitrogens is 3. The van der Waals surface area contributed by atoms with Crippen molar-refractivity contribution >= 4 is 45.9 Å². The van der Waals surface area contributed by atoms with Crippen molar-refractivity contribution < 1.29 is 36.8 Å². The number of amides is 1. The van der Waals surface area contributed by atoms with E-state index in [0.717, 1.165) is 31.3 Å². The lowest BCUT2D eigenvalue weighted by Gasteiger charge is -2.27. The normalized spacial score (nSPS) is 15.2. The number of rotatable bonds is 6. The van der Waals surface area contributed by atoms with Crippen molar-refractivity contribution in [2.24, 2.45) is 25.0 Å². The SMILES string of the molecule is Cc1oc2c(c1CC(=O)N=c1scc(-c3ccc(OC(F)(F)F)c(Cl)c3)n1OC(=O)C1CCN(C)CC1)c(=O)n(C)c(=O)n2C. The minimum atomic E-state index is -4.96. The number of nitrogens with zero attached hydrogens (tertiary/aromatic N) is 5. The van der Waals surface area contributed by atoms with E-state index in [0.29, 0.717) is 25.9 Å². The first-order valence-electron chi connectivity index (χ1n) is 13.6. The summed E-state index contributed by atoms with van der Waals surface area (Å²) in [6, 6.07) is 3.52. The van der Waals surface area contributed by atoms with Gasteiger partial charge in [-0.2, -0.15) is 4.99 Å². The fraction of sp³-hybridized carbons (Fsp3) is 0.393. The van der Waals surface area contributed by atoms with Crippen LogP contribution in [0.5, 0.6) is 5.75 Å². The Morgan fingerprint density at radius 2 is 1.82 bits per heavy atom. The number of fused-ring (bicyclic) bond motifs is 1. The molecule has 4 heterocycles. The summed E-state index contributed by atoms with van der Waals surface area (Å²) in [5.41, 5.74) is -0.518. The number of carbonyl (C=O) groups is 2. The number of halogens is 4. The summed E-state index contributed by atoms with van der Waals surface area (Å²) in [5, 5.41) is 1.22. The summed E-state index contributed by atoms with van der Waals surface area (Å²) < 4.78 is 51.0. The van der Waals surface area contributed by atoms with Gasteiger partial charge in [-0.1, -0.05) is 11.6 Å². The molecule has 1 amide bonds. The minimum absolute atomic E-state index is 0.0127. The van der Waals surface area contributed by atoms with Gasteiger partial charge in [-0.25, -0.2) is 9.59 Å². The average Bonchev–Trinajstić information content (AvgIpc) is 3.51. The number of ether oxygens (including phenoxy) is 1. The fourth-order valence-electron chi connectivity index (χ4n) is 5.03. The van der Waals surface area contributed by atoms with Gasteiger partial charge in [0.25, 0.3) is 11.5 Å². The molecule has 1 fully saturated rings. The quantitative estimate of drug-likeness (QED) is 0.306. The zero-order chi connectivity index (χ0) is 32.8. The molecule has 0 spiro atoms. The van der Waals surface area contributed by atoms with Gasteiger partial charge in [0.15, 0.2) is 0 Å². The lowest BCUT2D eigenvalue weighted by atomic mass is 9.98. The molecule has 5 rings (SSSR count). The molecule has 3 aromatic heterocycles. The number of thiazole rings is 1. The van der Waals surface area contributed by atoms with Crippen molar-refractivity contribution in [3.63, 3.8) is 0 Å². The van der Waals surface area contributed by atoms with Crippen LogP contribution < -0.4 is 25.6 Å².